The van der Waals surface area contributed by atoms with Crippen molar-refractivity contribution in [3.63, 3.8) is 0 Å². The van der Waals surface area contributed by atoms with Gasteiger partial charge in [0.1, 0.15) is 6.04 Å². The highest BCUT2D eigenvalue weighted by molar-refractivity contribution is 7.92. The highest BCUT2D eigenvalue weighted by Gasteiger charge is 2.30. The Balaban J connectivity index is 2.40. The first-order chi connectivity index (χ1) is 12.4. The Morgan fingerprint density at radius 1 is 1.04 bits per heavy atom. The molecule has 0 aliphatic heterocycles. The number of carbonyl (C=O) groups excluding carboxylic acids is 1. The standard InChI is InChI=1S/C20H25ClN2O3S/c1-12-9-14(3)19(15(4)10-12)22-20(24)16(5)23(27(6,25)26)17-8-7-13(2)18(21)11-17/h7-11,16H,1-6H3,(H,22,24)/t16-/m1/s1. The Labute approximate surface area is 166 Å². The van der Waals surface area contributed by atoms with Crippen LogP contribution in [0.1, 0.15) is 29.2 Å². The maximum absolute atomic E-state index is 12.9. The molecule has 5 nitrogen and oxygen atoms in total. The minimum Gasteiger partial charge on any atom is -0.324 e. The predicted octanol–water partition coefficient (Wildman–Crippen LogP) is 4.37. The SMILES string of the molecule is Cc1cc(C)c(NC(=O)[C@@H](C)N(c2ccc(C)c(Cl)c2)S(C)(=O)=O)c(C)c1. The molecule has 1 N–H and O–H groups in total. The third kappa shape index (κ3) is 4.82. The summed E-state index contributed by atoms with van der Waals surface area (Å²) in [6, 6.07) is 7.94. The number of amides is 1. The summed E-state index contributed by atoms with van der Waals surface area (Å²) in [7, 11) is -3.70. The molecule has 0 heterocycles. The van der Waals surface area contributed by atoms with E-state index >= 15 is 0 Å². The molecular formula is C20H25ClN2O3S. The Kier molecular flexibility index (Phi) is 6.22. The van der Waals surface area contributed by atoms with Crippen LogP contribution in [0.5, 0.6) is 0 Å². The van der Waals surface area contributed by atoms with Crippen LogP contribution in [0.2, 0.25) is 5.02 Å². The molecule has 0 bridgehead atoms. The molecule has 1 atom stereocenters. The second-order valence-corrected chi connectivity index (χ2v) is 9.20. The van der Waals surface area contributed by atoms with Gasteiger partial charge < -0.3 is 5.32 Å². The van der Waals surface area contributed by atoms with Crippen molar-refractivity contribution in [2.75, 3.05) is 15.9 Å². The van der Waals surface area contributed by atoms with Crippen LogP contribution in [0.25, 0.3) is 0 Å². The minimum absolute atomic E-state index is 0.355. The van der Waals surface area contributed by atoms with Gasteiger partial charge in [0, 0.05) is 10.7 Å². The molecule has 0 radical (unpaired) electrons. The average Bonchev–Trinajstić information content (AvgIpc) is 2.52. The molecule has 0 saturated heterocycles. The topological polar surface area (TPSA) is 66.5 Å². The molecule has 2 aromatic rings. The number of nitrogens with one attached hydrogen (secondary N) is 1. The van der Waals surface area contributed by atoms with Crippen LogP contribution in [0.3, 0.4) is 0 Å². The van der Waals surface area contributed by atoms with Crippen molar-refractivity contribution in [1.29, 1.82) is 0 Å². The number of halogens is 1. The van der Waals surface area contributed by atoms with E-state index in [4.69, 9.17) is 11.6 Å². The summed E-state index contributed by atoms with van der Waals surface area (Å²) in [5, 5.41) is 3.32. The fourth-order valence-corrected chi connectivity index (χ4v) is 4.47. The molecule has 146 valence electrons. The molecule has 1 amide bonds. The molecule has 2 rings (SSSR count). The molecule has 27 heavy (non-hydrogen) atoms. The highest BCUT2D eigenvalue weighted by Crippen LogP contribution is 2.28. The van der Waals surface area contributed by atoms with Gasteiger partial charge in [0.25, 0.3) is 0 Å². The zero-order valence-electron chi connectivity index (χ0n) is 16.4. The lowest BCUT2D eigenvalue weighted by atomic mass is 10.0. The molecule has 0 fully saturated rings. The third-order valence-electron chi connectivity index (χ3n) is 4.42. The van der Waals surface area contributed by atoms with Gasteiger partial charge in [-0.05, 0) is 63.4 Å². The first kappa shape index (κ1) is 21.3. The van der Waals surface area contributed by atoms with Crippen LogP contribution in [-0.2, 0) is 14.8 Å². The zero-order valence-corrected chi connectivity index (χ0v) is 18.0. The average molecular weight is 409 g/mol. The fourth-order valence-electron chi connectivity index (χ4n) is 3.13. The van der Waals surface area contributed by atoms with Crippen LogP contribution >= 0.6 is 11.6 Å². The van der Waals surface area contributed by atoms with E-state index in [-0.39, 0.29) is 0 Å². The van der Waals surface area contributed by atoms with Crippen LogP contribution in [0, 0.1) is 27.7 Å². The molecular weight excluding hydrogens is 384 g/mol. The van der Waals surface area contributed by atoms with Gasteiger partial charge in [0.15, 0.2) is 0 Å². The number of aryl methyl sites for hydroxylation is 4. The fraction of sp³-hybridized carbons (Fsp3) is 0.350. The van der Waals surface area contributed by atoms with Crippen molar-refractivity contribution in [2.24, 2.45) is 0 Å². The van der Waals surface area contributed by atoms with Crippen LogP contribution in [0.4, 0.5) is 11.4 Å². The van der Waals surface area contributed by atoms with Gasteiger partial charge in [-0.1, -0.05) is 35.4 Å². The molecule has 0 spiro atoms. The predicted molar refractivity (Wildman–Crippen MR) is 112 cm³/mol. The van der Waals surface area contributed by atoms with E-state index in [1.807, 2.05) is 39.8 Å². The number of carbonyl (C=O) groups is 1. The van der Waals surface area contributed by atoms with Gasteiger partial charge in [-0.15, -0.1) is 0 Å². The second kappa shape index (κ2) is 7.90. The van der Waals surface area contributed by atoms with Crippen molar-refractivity contribution >= 4 is 38.9 Å². The van der Waals surface area contributed by atoms with Crippen molar-refractivity contribution in [3.8, 4) is 0 Å². The molecule has 7 heteroatoms. The molecule has 2 aromatic carbocycles. The summed E-state index contributed by atoms with van der Waals surface area (Å²) in [6.45, 7) is 9.20. The summed E-state index contributed by atoms with van der Waals surface area (Å²) in [5.41, 5.74) is 4.84. The van der Waals surface area contributed by atoms with E-state index in [0.717, 1.165) is 32.8 Å². The van der Waals surface area contributed by atoms with E-state index in [1.54, 1.807) is 25.1 Å². The largest absolute Gasteiger partial charge is 0.324 e. The molecule has 0 aromatic heterocycles. The first-order valence-corrected chi connectivity index (χ1v) is 10.8. The minimum atomic E-state index is -3.70. The van der Waals surface area contributed by atoms with Gasteiger partial charge in [-0.3, -0.25) is 9.10 Å². The van der Waals surface area contributed by atoms with E-state index < -0.39 is 22.0 Å². The summed E-state index contributed by atoms with van der Waals surface area (Å²) >= 11 is 6.16. The van der Waals surface area contributed by atoms with Crippen LogP contribution in [0.15, 0.2) is 30.3 Å². The Hall–Kier alpha value is -2.05. The zero-order chi connectivity index (χ0) is 20.5. The van der Waals surface area contributed by atoms with Crippen molar-refractivity contribution < 1.29 is 13.2 Å². The highest BCUT2D eigenvalue weighted by atomic mass is 35.5. The Morgan fingerprint density at radius 2 is 1.59 bits per heavy atom. The normalized spacial score (nSPS) is 12.6. The maximum Gasteiger partial charge on any atom is 0.248 e. The lowest BCUT2D eigenvalue weighted by Crippen LogP contribution is -2.45. The molecule has 0 aliphatic carbocycles. The van der Waals surface area contributed by atoms with E-state index in [1.165, 1.54) is 0 Å². The number of hydrogen-bond acceptors (Lipinski definition) is 3. The first-order valence-electron chi connectivity index (χ1n) is 8.56. The summed E-state index contributed by atoms with van der Waals surface area (Å²) in [5.74, 6) is -0.410. The second-order valence-electron chi connectivity index (χ2n) is 6.93. The number of hydrogen-bond donors (Lipinski definition) is 1. The third-order valence-corrected chi connectivity index (χ3v) is 6.07. The van der Waals surface area contributed by atoms with Crippen molar-refractivity contribution in [2.45, 2.75) is 40.7 Å². The molecule has 0 saturated carbocycles. The maximum atomic E-state index is 12.9. The molecule has 0 aliphatic rings. The van der Waals surface area contributed by atoms with Gasteiger partial charge in [-0.25, -0.2) is 8.42 Å². The summed E-state index contributed by atoms with van der Waals surface area (Å²) in [6.07, 6.45) is 1.08. The number of nitrogens with zero attached hydrogens (tertiary/aromatic N) is 1. The smallest absolute Gasteiger partial charge is 0.248 e. The van der Waals surface area contributed by atoms with Crippen molar-refractivity contribution in [1.82, 2.24) is 0 Å². The lowest BCUT2D eigenvalue weighted by molar-refractivity contribution is -0.116. The van der Waals surface area contributed by atoms with Gasteiger partial charge >= 0.3 is 0 Å². The van der Waals surface area contributed by atoms with Gasteiger partial charge in [0.2, 0.25) is 15.9 Å². The van der Waals surface area contributed by atoms with E-state index in [9.17, 15) is 13.2 Å². The van der Waals surface area contributed by atoms with Gasteiger partial charge in [0.05, 0.1) is 11.9 Å². The van der Waals surface area contributed by atoms with E-state index in [2.05, 4.69) is 5.32 Å². The number of anilines is 2. The van der Waals surface area contributed by atoms with E-state index in [0.29, 0.717) is 16.4 Å². The monoisotopic (exact) mass is 408 g/mol. The Bertz CT molecular complexity index is 964. The number of sulfonamides is 1. The summed E-state index contributed by atoms with van der Waals surface area (Å²) in [4.78, 5) is 12.9. The van der Waals surface area contributed by atoms with Crippen LogP contribution < -0.4 is 9.62 Å². The Morgan fingerprint density at radius 3 is 2.07 bits per heavy atom. The van der Waals surface area contributed by atoms with Crippen molar-refractivity contribution in [3.05, 3.63) is 57.6 Å². The summed E-state index contributed by atoms with van der Waals surface area (Å²) < 4.78 is 25.9. The number of benzene rings is 2. The lowest BCUT2D eigenvalue weighted by Gasteiger charge is -2.29. The number of rotatable bonds is 5. The van der Waals surface area contributed by atoms with Gasteiger partial charge in [-0.2, -0.15) is 0 Å². The van der Waals surface area contributed by atoms with Crippen LogP contribution in [-0.4, -0.2) is 26.6 Å². The molecule has 0 unspecified atom stereocenters. The quantitative estimate of drug-likeness (QED) is 0.798.